The van der Waals surface area contributed by atoms with Gasteiger partial charge in [-0.05, 0) is 12.1 Å². The van der Waals surface area contributed by atoms with Crippen LogP contribution in [0.2, 0.25) is 0 Å². The predicted molar refractivity (Wildman–Crippen MR) is 97.5 cm³/mol. The number of fused-ring (bicyclic) bond motifs is 1. The maximum Gasteiger partial charge on any atom is 0.321 e. The van der Waals surface area contributed by atoms with E-state index in [4.69, 9.17) is 0 Å². The average molecular weight is 347 g/mol. The number of benzene rings is 1. The number of urea groups is 1. The molecule has 0 unspecified atom stereocenters. The van der Waals surface area contributed by atoms with Gasteiger partial charge in [-0.3, -0.25) is 14.4 Å². The summed E-state index contributed by atoms with van der Waals surface area (Å²) in [6.45, 7) is 0.348. The lowest BCUT2D eigenvalue weighted by Gasteiger charge is -2.06. The zero-order valence-electron chi connectivity index (χ0n) is 14.1. The van der Waals surface area contributed by atoms with Crippen molar-refractivity contribution in [1.82, 2.24) is 29.7 Å². The van der Waals surface area contributed by atoms with E-state index >= 15 is 0 Å². The molecule has 0 spiro atoms. The van der Waals surface area contributed by atoms with Gasteiger partial charge in [-0.1, -0.05) is 36.4 Å². The van der Waals surface area contributed by atoms with Gasteiger partial charge in [-0.15, -0.1) is 10.2 Å². The molecule has 0 bridgehead atoms. The fourth-order valence-corrected chi connectivity index (χ4v) is 2.75. The summed E-state index contributed by atoms with van der Waals surface area (Å²) in [6.07, 6.45) is 3.69. The van der Waals surface area contributed by atoms with Crippen LogP contribution in [0, 0.1) is 0 Å². The number of carbonyl (C=O) groups excluding carboxylic acids is 1. The van der Waals surface area contributed by atoms with Gasteiger partial charge in [0.1, 0.15) is 0 Å². The van der Waals surface area contributed by atoms with Crippen molar-refractivity contribution in [2.45, 2.75) is 6.54 Å². The molecule has 8 heteroatoms. The normalized spacial score (nSPS) is 10.8. The summed E-state index contributed by atoms with van der Waals surface area (Å²) >= 11 is 0. The van der Waals surface area contributed by atoms with E-state index in [9.17, 15) is 4.79 Å². The summed E-state index contributed by atoms with van der Waals surface area (Å²) in [6, 6.07) is 15.0. The van der Waals surface area contributed by atoms with Crippen molar-refractivity contribution < 1.29 is 4.79 Å². The van der Waals surface area contributed by atoms with Gasteiger partial charge in [0.25, 0.3) is 0 Å². The molecule has 26 heavy (non-hydrogen) atoms. The third kappa shape index (κ3) is 3.12. The van der Waals surface area contributed by atoms with Crippen LogP contribution in [0.15, 0.2) is 60.9 Å². The molecule has 0 aliphatic carbocycles. The minimum atomic E-state index is -0.356. The second-order valence-electron chi connectivity index (χ2n) is 5.80. The number of pyridine rings is 1. The van der Waals surface area contributed by atoms with E-state index in [0.717, 1.165) is 16.8 Å². The molecule has 2 N–H and O–H groups in total. The second kappa shape index (κ2) is 6.67. The maximum absolute atomic E-state index is 12.3. The fourth-order valence-electron chi connectivity index (χ4n) is 2.75. The van der Waals surface area contributed by atoms with Crippen LogP contribution in [-0.4, -0.2) is 30.4 Å². The van der Waals surface area contributed by atoms with Crippen LogP contribution in [0.25, 0.3) is 16.9 Å². The number of rotatable bonds is 4. The monoisotopic (exact) mass is 347 g/mol. The van der Waals surface area contributed by atoms with Gasteiger partial charge in [-0.2, -0.15) is 5.10 Å². The van der Waals surface area contributed by atoms with Crippen LogP contribution in [0.1, 0.15) is 5.56 Å². The molecule has 0 radical (unpaired) electrons. The number of aryl methyl sites for hydroxylation is 1. The number of nitrogens with zero attached hydrogens (tertiary/aromatic N) is 5. The van der Waals surface area contributed by atoms with Gasteiger partial charge in [0.2, 0.25) is 5.95 Å². The van der Waals surface area contributed by atoms with Crippen LogP contribution >= 0.6 is 0 Å². The van der Waals surface area contributed by atoms with E-state index in [-0.39, 0.29) is 6.03 Å². The molecule has 4 rings (SSSR count). The summed E-state index contributed by atoms with van der Waals surface area (Å²) in [7, 11) is 1.86. The summed E-state index contributed by atoms with van der Waals surface area (Å²) < 4.78 is 3.45. The van der Waals surface area contributed by atoms with Crippen molar-refractivity contribution in [1.29, 1.82) is 0 Å². The molecule has 0 fully saturated rings. The Balaban J connectivity index is 1.47. The topological polar surface area (TPSA) is 89.1 Å². The van der Waals surface area contributed by atoms with E-state index in [0.29, 0.717) is 18.1 Å². The van der Waals surface area contributed by atoms with Crippen molar-refractivity contribution in [3.63, 3.8) is 0 Å². The van der Waals surface area contributed by atoms with Gasteiger partial charge < -0.3 is 5.32 Å². The van der Waals surface area contributed by atoms with Gasteiger partial charge in [0, 0.05) is 37.1 Å². The Morgan fingerprint density at radius 3 is 2.73 bits per heavy atom. The van der Waals surface area contributed by atoms with Crippen molar-refractivity contribution >= 4 is 17.6 Å². The number of anilines is 1. The minimum Gasteiger partial charge on any atom is -0.334 e. The van der Waals surface area contributed by atoms with E-state index in [1.54, 1.807) is 15.3 Å². The van der Waals surface area contributed by atoms with Crippen LogP contribution < -0.4 is 10.6 Å². The first-order chi connectivity index (χ1) is 12.7. The van der Waals surface area contributed by atoms with Gasteiger partial charge >= 0.3 is 6.03 Å². The molecule has 0 saturated heterocycles. The molecule has 4 aromatic rings. The SMILES string of the molecule is Cn1cc(CNC(=O)Nc2nnc3ccccn23)c(-c2ccccc2)n1. The Hall–Kier alpha value is -3.68. The molecule has 0 aliphatic rings. The summed E-state index contributed by atoms with van der Waals surface area (Å²) in [5.74, 6) is 0.368. The molecular weight excluding hydrogens is 330 g/mol. The lowest BCUT2D eigenvalue weighted by molar-refractivity contribution is 0.251. The van der Waals surface area contributed by atoms with Crippen LogP contribution in [-0.2, 0) is 13.6 Å². The molecular formula is C18H17N7O. The first kappa shape index (κ1) is 15.8. The van der Waals surface area contributed by atoms with Crippen molar-refractivity contribution in [3.05, 3.63) is 66.5 Å². The third-order valence-corrected chi connectivity index (χ3v) is 3.93. The highest BCUT2D eigenvalue weighted by Gasteiger charge is 2.12. The second-order valence-corrected chi connectivity index (χ2v) is 5.80. The van der Waals surface area contributed by atoms with Gasteiger partial charge in [0.05, 0.1) is 5.69 Å². The summed E-state index contributed by atoms with van der Waals surface area (Å²) in [5, 5.41) is 18.0. The summed E-state index contributed by atoms with van der Waals surface area (Å²) in [4.78, 5) is 12.3. The fraction of sp³-hybridized carbons (Fsp3) is 0.111. The molecule has 2 amide bonds. The highest BCUT2D eigenvalue weighted by molar-refractivity contribution is 5.87. The Morgan fingerprint density at radius 1 is 1.08 bits per heavy atom. The molecule has 0 saturated carbocycles. The van der Waals surface area contributed by atoms with Crippen LogP contribution in [0.3, 0.4) is 0 Å². The number of hydrogen-bond acceptors (Lipinski definition) is 4. The van der Waals surface area contributed by atoms with E-state index < -0.39 is 0 Å². The Kier molecular flexibility index (Phi) is 4.06. The average Bonchev–Trinajstić information content (AvgIpc) is 3.24. The zero-order valence-corrected chi connectivity index (χ0v) is 14.1. The number of aromatic nitrogens is 5. The lowest BCUT2D eigenvalue weighted by atomic mass is 10.1. The number of amides is 2. The molecule has 3 heterocycles. The van der Waals surface area contributed by atoms with Crippen molar-refractivity contribution in [3.8, 4) is 11.3 Å². The molecule has 8 nitrogen and oxygen atoms in total. The van der Waals surface area contributed by atoms with E-state index in [2.05, 4.69) is 25.9 Å². The molecule has 3 aromatic heterocycles. The smallest absolute Gasteiger partial charge is 0.321 e. The van der Waals surface area contributed by atoms with Crippen molar-refractivity contribution in [2.75, 3.05) is 5.32 Å². The van der Waals surface area contributed by atoms with Crippen LogP contribution in [0.4, 0.5) is 10.7 Å². The quantitative estimate of drug-likeness (QED) is 0.593. The van der Waals surface area contributed by atoms with Crippen LogP contribution in [0.5, 0.6) is 0 Å². The van der Waals surface area contributed by atoms with Crippen molar-refractivity contribution in [2.24, 2.45) is 7.05 Å². The van der Waals surface area contributed by atoms with E-state index in [1.165, 1.54) is 0 Å². The molecule has 130 valence electrons. The maximum atomic E-state index is 12.3. The molecule has 0 atom stereocenters. The van der Waals surface area contributed by atoms with E-state index in [1.807, 2.05) is 61.8 Å². The lowest BCUT2D eigenvalue weighted by Crippen LogP contribution is -2.29. The zero-order chi connectivity index (χ0) is 17.9. The van der Waals surface area contributed by atoms with Gasteiger partial charge in [-0.25, -0.2) is 4.79 Å². The Labute approximate surface area is 149 Å². The minimum absolute atomic E-state index is 0.348. The number of nitrogens with one attached hydrogen (secondary N) is 2. The first-order valence-electron chi connectivity index (χ1n) is 8.13. The largest absolute Gasteiger partial charge is 0.334 e. The van der Waals surface area contributed by atoms with Gasteiger partial charge in [0.15, 0.2) is 5.65 Å². The standard InChI is InChI=1S/C18H17N7O/c1-24-12-14(16(23-24)13-7-3-2-4-8-13)11-19-18(26)20-17-22-21-15-9-5-6-10-25(15)17/h2-10,12H,11H2,1H3,(H2,19,20,22,26). The Morgan fingerprint density at radius 2 is 1.88 bits per heavy atom. The Bertz CT molecular complexity index is 1050. The predicted octanol–water partition coefficient (Wildman–Crippen LogP) is 2.45. The highest BCUT2D eigenvalue weighted by Crippen LogP contribution is 2.21. The highest BCUT2D eigenvalue weighted by atomic mass is 16.2. The molecule has 0 aliphatic heterocycles. The number of carbonyl (C=O) groups is 1. The number of hydrogen-bond donors (Lipinski definition) is 2. The first-order valence-corrected chi connectivity index (χ1v) is 8.13. The third-order valence-electron chi connectivity index (χ3n) is 3.93. The summed E-state index contributed by atoms with van der Waals surface area (Å²) in [5.41, 5.74) is 3.46. The molecule has 1 aromatic carbocycles.